The highest BCUT2D eigenvalue weighted by atomic mass is 16.1. The van der Waals surface area contributed by atoms with Gasteiger partial charge in [0, 0.05) is 36.6 Å². The van der Waals surface area contributed by atoms with Crippen LogP contribution >= 0.6 is 0 Å². The Hall–Kier alpha value is -2.62. The highest BCUT2D eigenvalue weighted by Gasteiger charge is 2.33. The highest BCUT2D eigenvalue weighted by molar-refractivity contribution is 6.29. The molecule has 0 saturated carbocycles. The summed E-state index contributed by atoms with van der Waals surface area (Å²) in [6, 6.07) is 6.78. The Morgan fingerprint density at radius 1 is 0.850 bits per heavy atom. The fraction of sp³-hybridized carbons (Fsp3) is 0.125. The van der Waals surface area contributed by atoms with Gasteiger partial charge in [-0.05, 0) is 0 Å². The molecule has 0 heterocycles. The molecule has 0 aromatic heterocycles. The number of Topliss-reactive ketones (excluding diaryl/α,β-unsaturated/α-hetero) is 2. The van der Waals surface area contributed by atoms with Gasteiger partial charge < -0.3 is 10.6 Å². The Morgan fingerprint density at radius 3 is 1.50 bits per heavy atom. The Kier molecular flexibility index (Phi) is 3.57. The molecule has 1 aliphatic rings. The Labute approximate surface area is 117 Å². The van der Waals surface area contributed by atoms with Crippen LogP contribution in [0.25, 0.3) is 0 Å². The molecule has 1 aromatic rings. The number of hydrogen-bond acceptors (Lipinski definition) is 4. The zero-order valence-electron chi connectivity index (χ0n) is 11.5. The molecule has 0 aliphatic heterocycles. The first kappa shape index (κ1) is 13.8. The van der Waals surface area contributed by atoms with Crippen LogP contribution in [0.2, 0.25) is 0 Å². The first-order valence-corrected chi connectivity index (χ1v) is 6.19. The van der Waals surface area contributed by atoms with Crippen LogP contribution < -0.4 is 10.6 Å². The minimum atomic E-state index is -0.217. The van der Waals surface area contributed by atoms with Crippen LogP contribution in [0.4, 0.5) is 0 Å². The third-order valence-electron chi connectivity index (χ3n) is 3.33. The van der Waals surface area contributed by atoms with Gasteiger partial charge in [0.1, 0.15) is 0 Å². The molecule has 2 N–H and O–H groups in total. The zero-order chi connectivity index (χ0) is 14.9. The van der Waals surface area contributed by atoms with Crippen LogP contribution in [0.5, 0.6) is 0 Å². The number of nitrogens with one attached hydrogen (secondary N) is 2. The summed E-state index contributed by atoms with van der Waals surface area (Å²) in [5, 5.41) is 5.66. The highest BCUT2D eigenvalue weighted by Crippen LogP contribution is 2.31. The van der Waals surface area contributed by atoms with Gasteiger partial charge in [0.2, 0.25) is 0 Å². The average Bonchev–Trinajstić information content (AvgIpc) is 2.49. The van der Waals surface area contributed by atoms with E-state index in [2.05, 4.69) is 23.8 Å². The molecular formula is C16H16N2O2. The number of rotatable bonds is 4. The Balaban J connectivity index is 2.75. The van der Waals surface area contributed by atoms with Gasteiger partial charge >= 0.3 is 0 Å². The van der Waals surface area contributed by atoms with Gasteiger partial charge in [0.25, 0.3) is 0 Å². The van der Waals surface area contributed by atoms with Crippen molar-refractivity contribution < 1.29 is 9.59 Å². The van der Waals surface area contributed by atoms with E-state index in [1.54, 1.807) is 38.4 Å². The molecule has 2 rings (SSSR count). The molecule has 4 nitrogen and oxygen atoms in total. The monoisotopic (exact) mass is 268 g/mol. The van der Waals surface area contributed by atoms with Crippen LogP contribution in [0.3, 0.4) is 0 Å². The molecule has 0 saturated heterocycles. The maximum atomic E-state index is 12.6. The number of ketones is 2. The SMILES string of the molecule is C=C(NC)C1=C(C(=C)NC)C(=O)c2ccccc2C1=O. The number of carbonyl (C=O) groups excluding carboxylic acids is 2. The van der Waals surface area contributed by atoms with Crippen molar-refractivity contribution in [1.82, 2.24) is 10.6 Å². The zero-order valence-corrected chi connectivity index (χ0v) is 11.5. The number of allylic oxidation sites excluding steroid dienone is 2. The second-order valence-electron chi connectivity index (χ2n) is 4.41. The van der Waals surface area contributed by atoms with Crippen molar-refractivity contribution in [2.24, 2.45) is 0 Å². The minimum absolute atomic E-state index is 0.217. The van der Waals surface area contributed by atoms with Gasteiger partial charge in [0.05, 0.1) is 11.1 Å². The van der Waals surface area contributed by atoms with E-state index in [1.807, 2.05) is 0 Å². The fourth-order valence-corrected chi connectivity index (χ4v) is 2.20. The molecule has 0 bridgehead atoms. The minimum Gasteiger partial charge on any atom is -0.388 e. The van der Waals surface area contributed by atoms with E-state index in [0.29, 0.717) is 22.5 Å². The second-order valence-corrected chi connectivity index (χ2v) is 4.41. The molecule has 4 heteroatoms. The van der Waals surface area contributed by atoms with E-state index in [0.717, 1.165) is 0 Å². The van der Waals surface area contributed by atoms with Crippen molar-refractivity contribution in [2.75, 3.05) is 14.1 Å². The lowest BCUT2D eigenvalue weighted by Gasteiger charge is -2.23. The lowest BCUT2D eigenvalue weighted by molar-refractivity contribution is 0.0977. The second kappa shape index (κ2) is 5.17. The average molecular weight is 268 g/mol. The Bertz CT molecular complexity index is 612. The molecular weight excluding hydrogens is 252 g/mol. The summed E-state index contributed by atoms with van der Waals surface area (Å²) >= 11 is 0. The van der Waals surface area contributed by atoms with Crippen LogP contribution in [0.15, 0.2) is 60.0 Å². The van der Waals surface area contributed by atoms with Gasteiger partial charge in [-0.3, -0.25) is 9.59 Å². The lowest BCUT2D eigenvalue weighted by atomic mass is 9.82. The third kappa shape index (κ3) is 1.95. The third-order valence-corrected chi connectivity index (χ3v) is 3.33. The van der Waals surface area contributed by atoms with Crippen LogP contribution in [0, 0.1) is 0 Å². The molecule has 1 aromatic carbocycles. The van der Waals surface area contributed by atoms with Gasteiger partial charge in [-0.15, -0.1) is 0 Å². The molecule has 0 unspecified atom stereocenters. The standard InChI is InChI=1S/C16H16N2O2/c1-9(17-3)13-14(10(2)18-4)16(20)12-8-6-5-7-11(12)15(13)19/h5-8,17-18H,1-2H2,3-4H3. The number of benzene rings is 1. The Morgan fingerprint density at radius 2 is 1.20 bits per heavy atom. The summed E-state index contributed by atoms with van der Waals surface area (Å²) in [4.78, 5) is 25.2. The molecule has 1 aliphatic carbocycles. The molecule has 20 heavy (non-hydrogen) atoms. The number of carbonyl (C=O) groups is 2. The number of hydrogen-bond donors (Lipinski definition) is 2. The number of likely N-dealkylation sites (N-methyl/N-ethyl adjacent to an activating group) is 2. The summed E-state index contributed by atoms with van der Waals surface area (Å²) in [5.41, 5.74) is 2.16. The summed E-state index contributed by atoms with van der Waals surface area (Å²) in [6.07, 6.45) is 0. The van der Waals surface area contributed by atoms with Gasteiger partial charge in [0.15, 0.2) is 11.6 Å². The smallest absolute Gasteiger partial charge is 0.196 e. The summed E-state index contributed by atoms with van der Waals surface area (Å²) in [5.74, 6) is -0.433. The van der Waals surface area contributed by atoms with Crippen LogP contribution in [-0.4, -0.2) is 25.7 Å². The van der Waals surface area contributed by atoms with E-state index in [4.69, 9.17) is 0 Å². The van der Waals surface area contributed by atoms with E-state index in [1.165, 1.54) is 0 Å². The first-order chi connectivity index (χ1) is 9.52. The normalized spacial score (nSPS) is 13.9. The van der Waals surface area contributed by atoms with Crippen molar-refractivity contribution in [2.45, 2.75) is 0 Å². The van der Waals surface area contributed by atoms with Gasteiger partial charge in [-0.2, -0.15) is 0 Å². The van der Waals surface area contributed by atoms with E-state index >= 15 is 0 Å². The van der Waals surface area contributed by atoms with Crippen molar-refractivity contribution in [3.63, 3.8) is 0 Å². The predicted molar refractivity (Wildman–Crippen MR) is 78.5 cm³/mol. The predicted octanol–water partition coefficient (Wildman–Crippen LogP) is 1.83. The van der Waals surface area contributed by atoms with E-state index in [9.17, 15) is 9.59 Å². The van der Waals surface area contributed by atoms with Crippen LogP contribution in [0.1, 0.15) is 20.7 Å². The maximum Gasteiger partial charge on any atom is 0.196 e. The van der Waals surface area contributed by atoms with E-state index in [-0.39, 0.29) is 22.7 Å². The maximum absolute atomic E-state index is 12.6. The first-order valence-electron chi connectivity index (χ1n) is 6.19. The van der Waals surface area contributed by atoms with Gasteiger partial charge in [-0.1, -0.05) is 37.4 Å². The van der Waals surface area contributed by atoms with Crippen molar-refractivity contribution in [3.05, 3.63) is 71.1 Å². The summed E-state index contributed by atoms with van der Waals surface area (Å²) in [6.45, 7) is 7.62. The van der Waals surface area contributed by atoms with E-state index < -0.39 is 0 Å². The summed E-state index contributed by atoms with van der Waals surface area (Å²) < 4.78 is 0. The molecule has 0 amide bonds. The lowest BCUT2D eigenvalue weighted by Crippen LogP contribution is -2.29. The molecule has 0 atom stereocenters. The molecule has 0 fully saturated rings. The van der Waals surface area contributed by atoms with Gasteiger partial charge in [-0.25, -0.2) is 0 Å². The van der Waals surface area contributed by atoms with Crippen LogP contribution in [-0.2, 0) is 0 Å². The molecule has 102 valence electrons. The largest absolute Gasteiger partial charge is 0.388 e. The molecule has 0 spiro atoms. The van der Waals surface area contributed by atoms with Crippen molar-refractivity contribution in [1.29, 1.82) is 0 Å². The van der Waals surface area contributed by atoms with Crippen molar-refractivity contribution >= 4 is 11.6 Å². The van der Waals surface area contributed by atoms with Crippen molar-refractivity contribution in [3.8, 4) is 0 Å². The fourth-order valence-electron chi connectivity index (χ4n) is 2.20. The summed E-state index contributed by atoms with van der Waals surface area (Å²) in [7, 11) is 3.32. The molecule has 0 radical (unpaired) electrons. The number of fused-ring (bicyclic) bond motifs is 1. The quantitative estimate of drug-likeness (QED) is 0.874. The topological polar surface area (TPSA) is 58.2 Å².